The normalized spacial score (nSPS) is 28.4. The lowest BCUT2D eigenvalue weighted by Gasteiger charge is -2.26. The minimum Gasteiger partial charge on any atom is -0.299 e. The van der Waals surface area contributed by atoms with Gasteiger partial charge in [0.15, 0.2) is 5.78 Å². The molecule has 3 unspecified atom stereocenters. The van der Waals surface area contributed by atoms with Gasteiger partial charge in [0.25, 0.3) is 0 Å². The molecule has 1 aromatic heterocycles. The molecule has 3 rings (SSSR count). The standard InChI is InChI=1S/C17H25NOS/c1-3-15-6-7-17(20-15)16(19)11-18(2)10-14-9-12-4-5-13(14)8-12/h6-7,12-14H,3-5,8-11H2,1-2H3. The number of hydrogen-bond donors (Lipinski definition) is 0. The molecule has 0 amide bonds. The first-order chi connectivity index (χ1) is 9.65. The maximum atomic E-state index is 12.3. The predicted octanol–water partition coefficient (Wildman–Crippen LogP) is 3.86. The molecule has 3 heteroatoms. The summed E-state index contributed by atoms with van der Waals surface area (Å²) in [5.41, 5.74) is 0. The van der Waals surface area contributed by atoms with E-state index in [0.717, 1.165) is 35.6 Å². The molecular weight excluding hydrogens is 266 g/mol. The van der Waals surface area contributed by atoms with E-state index < -0.39 is 0 Å². The summed E-state index contributed by atoms with van der Waals surface area (Å²) in [4.78, 5) is 16.8. The van der Waals surface area contributed by atoms with Crippen LogP contribution in [0.1, 0.15) is 47.2 Å². The Morgan fingerprint density at radius 3 is 2.80 bits per heavy atom. The average molecular weight is 291 g/mol. The molecule has 2 fully saturated rings. The van der Waals surface area contributed by atoms with E-state index in [0.29, 0.717) is 12.3 Å². The van der Waals surface area contributed by atoms with Crippen molar-refractivity contribution in [3.8, 4) is 0 Å². The second-order valence-electron chi connectivity index (χ2n) is 6.67. The zero-order chi connectivity index (χ0) is 14.1. The van der Waals surface area contributed by atoms with Gasteiger partial charge in [0.2, 0.25) is 0 Å². The van der Waals surface area contributed by atoms with Gasteiger partial charge in [0.05, 0.1) is 11.4 Å². The fourth-order valence-electron chi connectivity index (χ4n) is 4.11. The number of nitrogens with zero attached hydrogens (tertiary/aromatic N) is 1. The summed E-state index contributed by atoms with van der Waals surface area (Å²) in [5, 5.41) is 0. The molecule has 20 heavy (non-hydrogen) atoms. The van der Waals surface area contributed by atoms with Crippen LogP contribution in [0, 0.1) is 17.8 Å². The highest BCUT2D eigenvalue weighted by molar-refractivity contribution is 7.14. The van der Waals surface area contributed by atoms with Crippen LogP contribution in [0.4, 0.5) is 0 Å². The van der Waals surface area contributed by atoms with E-state index in [-0.39, 0.29) is 0 Å². The van der Waals surface area contributed by atoms with Gasteiger partial charge in [-0.15, -0.1) is 11.3 Å². The Morgan fingerprint density at radius 1 is 1.35 bits per heavy atom. The first kappa shape index (κ1) is 14.3. The number of carbonyl (C=O) groups excluding carboxylic acids is 1. The van der Waals surface area contributed by atoms with E-state index in [4.69, 9.17) is 0 Å². The Labute approximate surface area is 126 Å². The molecule has 3 atom stereocenters. The summed E-state index contributed by atoms with van der Waals surface area (Å²) in [6.45, 7) is 3.83. The molecule has 0 aromatic carbocycles. The molecule has 0 N–H and O–H groups in total. The van der Waals surface area contributed by atoms with Crippen LogP contribution >= 0.6 is 11.3 Å². The largest absolute Gasteiger partial charge is 0.299 e. The van der Waals surface area contributed by atoms with Crippen LogP contribution < -0.4 is 0 Å². The van der Waals surface area contributed by atoms with Gasteiger partial charge in [-0.2, -0.15) is 0 Å². The lowest BCUT2D eigenvalue weighted by molar-refractivity contribution is 0.0933. The highest BCUT2D eigenvalue weighted by atomic mass is 32.1. The Kier molecular flexibility index (Phi) is 4.27. The number of carbonyl (C=O) groups is 1. The smallest absolute Gasteiger partial charge is 0.186 e. The van der Waals surface area contributed by atoms with Crippen molar-refractivity contribution < 1.29 is 4.79 Å². The number of thiophene rings is 1. The van der Waals surface area contributed by atoms with Crippen molar-refractivity contribution in [3.05, 3.63) is 21.9 Å². The Balaban J connectivity index is 1.51. The van der Waals surface area contributed by atoms with Gasteiger partial charge >= 0.3 is 0 Å². The number of ketones is 1. The quantitative estimate of drug-likeness (QED) is 0.742. The van der Waals surface area contributed by atoms with Crippen molar-refractivity contribution in [2.75, 3.05) is 20.1 Å². The number of rotatable bonds is 6. The van der Waals surface area contributed by atoms with E-state index >= 15 is 0 Å². The number of likely N-dealkylation sites (N-methyl/N-ethyl adjacent to an activating group) is 1. The van der Waals surface area contributed by atoms with E-state index in [2.05, 4.69) is 24.9 Å². The van der Waals surface area contributed by atoms with E-state index in [1.165, 1.54) is 30.6 Å². The van der Waals surface area contributed by atoms with Crippen LogP contribution in [0.2, 0.25) is 0 Å². The van der Waals surface area contributed by atoms with Gasteiger partial charge in [-0.3, -0.25) is 9.69 Å². The second-order valence-corrected chi connectivity index (χ2v) is 7.84. The highest BCUT2D eigenvalue weighted by Gasteiger charge is 2.39. The van der Waals surface area contributed by atoms with Crippen LogP contribution in [0.3, 0.4) is 0 Å². The lowest BCUT2D eigenvalue weighted by atomic mass is 9.88. The Bertz CT molecular complexity index is 481. The second kappa shape index (κ2) is 5.98. The first-order valence-corrected chi connectivity index (χ1v) is 8.77. The molecule has 2 bridgehead atoms. The van der Waals surface area contributed by atoms with E-state index in [1.54, 1.807) is 11.3 Å². The van der Waals surface area contributed by atoms with Crippen LogP contribution in [0.5, 0.6) is 0 Å². The van der Waals surface area contributed by atoms with Gasteiger partial charge in [-0.1, -0.05) is 13.3 Å². The Morgan fingerprint density at radius 2 is 2.20 bits per heavy atom. The predicted molar refractivity (Wildman–Crippen MR) is 84.5 cm³/mol. The molecule has 0 radical (unpaired) electrons. The molecule has 2 aliphatic rings. The van der Waals surface area contributed by atoms with Gasteiger partial charge in [0, 0.05) is 11.4 Å². The molecule has 1 heterocycles. The molecule has 110 valence electrons. The zero-order valence-corrected chi connectivity index (χ0v) is 13.4. The maximum Gasteiger partial charge on any atom is 0.186 e. The minimum atomic E-state index is 0.292. The summed E-state index contributed by atoms with van der Waals surface area (Å²) < 4.78 is 0. The fourth-order valence-corrected chi connectivity index (χ4v) is 4.98. The first-order valence-electron chi connectivity index (χ1n) is 7.96. The number of hydrogen-bond acceptors (Lipinski definition) is 3. The lowest BCUT2D eigenvalue weighted by Crippen LogP contribution is -2.32. The average Bonchev–Trinajstić information content (AvgIpc) is 3.14. The highest BCUT2D eigenvalue weighted by Crippen LogP contribution is 2.48. The van der Waals surface area contributed by atoms with Crippen LogP contribution in [-0.4, -0.2) is 30.8 Å². The number of aryl methyl sites for hydroxylation is 1. The van der Waals surface area contributed by atoms with E-state index in [9.17, 15) is 4.79 Å². The van der Waals surface area contributed by atoms with Crippen molar-refractivity contribution in [3.63, 3.8) is 0 Å². The third-order valence-corrected chi connectivity index (χ3v) is 6.40. The summed E-state index contributed by atoms with van der Waals surface area (Å²) in [6.07, 6.45) is 6.78. The number of fused-ring (bicyclic) bond motifs is 2. The summed E-state index contributed by atoms with van der Waals surface area (Å²) in [7, 11) is 2.11. The molecular formula is C17H25NOS. The van der Waals surface area contributed by atoms with Crippen molar-refractivity contribution in [1.29, 1.82) is 0 Å². The van der Waals surface area contributed by atoms with Crippen molar-refractivity contribution in [2.24, 2.45) is 17.8 Å². The van der Waals surface area contributed by atoms with Gasteiger partial charge in [0.1, 0.15) is 0 Å². The van der Waals surface area contributed by atoms with Crippen LogP contribution in [0.25, 0.3) is 0 Å². The minimum absolute atomic E-state index is 0.292. The molecule has 1 aromatic rings. The topological polar surface area (TPSA) is 20.3 Å². The maximum absolute atomic E-state index is 12.3. The number of Topliss-reactive ketones (excluding diaryl/α,β-unsaturated/α-hetero) is 1. The Hall–Kier alpha value is -0.670. The van der Waals surface area contributed by atoms with Crippen molar-refractivity contribution in [1.82, 2.24) is 4.90 Å². The van der Waals surface area contributed by atoms with E-state index in [1.807, 2.05) is 6.07 Å². The summed E-state index contributed by atoms with van der Waals surface area (Å²) in [6, 6.07) is 4.09. The zero-order valence-electron chi connectivity index (χ0n) is 12.6. The SMILES string of the molecule is CCc1ccc(C(=O)CN(C)CC2CC3CCC2C3)s1. The van der Waals surface area contributed by atoms with Crippen LogP contribution in [0.15, 0.2) is 12.1 Å². The molecule has 0 aliphatic heterocycles. The molecule has 0 spiro atoms. The molecule has 2 aliphatic carbocycles. The third-order valence-electron chi connectivity index (χ3n) is 5.13. The summed E-state index contributed by atoms with van der Waals surface area (Å²) >= 11 is 1.66. The van der Waals surface area contributed by atoms with Crippen LogP contribution in [-0.2, 0) is 6.42 Å². The van der Waals surface area contributed by atoms with Gasteiger partial charge in [-0.05, 0) is 62.6 Å². The van der Waals surface area contributed by atoms with Crippen molar-refractivity contribution >= 4 is 17.1 Å². The molecule has 2 saturated carbocycles. The molecule has 0 saturated heterocycles. The summed E-state index contributed by atoms with van der Waals surface area (Å²) in [5.74, 6) is 3.09. The van der Waals surface area contributed by atoms with Gasteiger partial charge < -0.3 is 0 Å². The monoisotopic (exact) mass is 291 g/mol. The molecule has 2 nitrogen and oxygen atoms in total. The third kappa shape index (κ3) is 2.99. The van der Waals surface area contributed by atoms with Crippen molar-refractivity contribution in [2.45, 2.75) is 39.0 Å². The van der Waals surface area contributed by atoms with Gasteiger partial charge in [-0.25, -0.2) is 0 Å². The fraction of sp³-hybridized carbons (Fsp3) is 0.706.